The largest absolute Gasteiger partial charge is 0.393 e. The molecule has 3 aliphatic heterocycles. The van der Waals surface area contributed by atoms with Crippen LogP contribution in [0.15, 0.2) is 23.3 Å². The number of piperidine rings is 2. The van der Waals surface area contributed by atoms with E-state index in [4.69, 9.17) is 16.7 Å². The van der Waals surface area contributed by atoms with E-state index >= 15 is 0 Å². The van der Waals surface area contributed by atoms with Gasteiger partial charge >= 0.3 is 0 Å². The maximum Gasteiger partial charge on any atom is 0.229 e. The van der Waals surface area contributed by atoms with Crippen LogP contribution in [-0.4, -0.2) is 65.0 Å². The minimum Gasteiger partial charge on any atom is -0.393 e. The second-order valence-corrected chi connectivity index (χ2v) is 11.6. The van der Waals surface area contributed by atoms with Crippen molar-refractivity contribution in [1.29, 1.82) is 5.26 Å². The Morgan fingerprint density at radius 3 is 2.63 bits per heavy atom. The lowest BCUT2D eigenvalue weighted by molar-refractivity contribution is -0.140. The maximum absolute atomic E-state index is 13.4. The number of aliphatic hydroxyl groups is 1. The topological polar surface area (TPSA) is 83.2 Å². The number of carbonyl (C=O) groups is 1. The van der Waals surface area contributed by atoms with Gasteiger partial charge in [0.25, 0.3) is 0 Å². The summed E-state index contributed by atoms with van der Waals surface area (Å²) >= 11 is 6.38. The number of hydrazone groups is 1. The van der Waals surface area contributed by atoms with Crippen molar-refractivity contribution >= 4 is 29.0 Å². The fraction of sp³-hybridized carbons (Fsp3) is 0.667. The van der Waals surface area contributed by atoms with E-state index in [0.29, 0.717) is 60.3 Å². The summed E-state index contributed by atoms with van der Waals surface area (Å²) in [5.74, 6) is 2.48. The van der Waals surface area contributed by atoms with E-state index in [1.54, 1.807) is 6.07 Å². The van der Waals surface area contributed by atoms with Crippen molar-refractivity contribution in [3.63, 3.8) is 0 Å². The van der Waals surface area contributed by atoms with Gasteiger partial charge in [0, 0.05) is 32.6 Å². The first-order chi connectivity index (χ1) is 17.0. The normalized spacial score (nSPS) is 31.3. The molecular weight excluding hydrogens is 462 g/mol. The fourth-order valence-electron chi connectivity index (χ4n) is 7.01. The zero-order chi connectivity index (χ0) is 24.2. The second-order valence-electron chi connectivity index (χ2n) is 11.2. The highest BCUT2D eigenvalue weighted by Gasteiger charge is 2.63. The van der Waals surface area contributed by atoms with E-state index in [1.807, 2.05) is 17.0 Å². The summed E-state index contributed by atoms with van der Waals surface area (Å²) < 4.78 is 0. The lowest BCUT2D eigenvalue weighted by Gasteiger charge is -2.37. The number of benzene rings is 1. The highest BCUT2D eigenvalue weighted by molar-refractivity contribution is 6.32. The summed E-state index contributed by atoms with van der Waals surface area (Å²) in [6.07, 6.45) is 8.99. The van der Waals surface area contributed by atoms with Gasteiger partial charge in [0.1, 0.15) is 11.9 Å². The van der Waals surface area contributed by atoms with Crippen LogP contribution in [0.5, 0.6) is 0 Å². The summed E-state index contributed by atoms with van der Waals surface area (Å²) in [5.41, 5.74) is 1.27. The van der Waals surface area contributed by atoms with Crippen LogP contribution in [0.1, 0.15) is 63.4 Å². The number of hydrogen-bond acceptors (Lipinski definition) is 6. The van der Waals surface area contributed by atoms with Crippen molar-refractivity contribution in [1.82, 2.24) is 9.80 Å². The zero-order valence-corrected chi connectivity index (χ0v) is 21.0. The summed E-state index contributed by atoms with van der Waals surface area (Å²) in [6, 6.07) is 8.11. The average molecular weight is 496 g/mol. The summed E-state index contributed by atoms with van der Waals surface area (Å²) in [4.78, 5) is 17.8. The predicted molar refractivity (Wildman–Crippen MR) is 135 cm³/mol. The molecule has 2 saturated heterocycles. The number of fused-ring (bicyclic) bond motifs is 1. The molecule has 2 aliphatic carbocycles. The molecule has 3 heterocycles. The Bertz CT molecular complexity index is 1070. The average Bonchev–Trinajstić information content (AvgIpc) is 3.19. The Morgan fingerprint density at radius 1 is 1.17 bits per heavy atom. The van der Waals surface area contributed by atoms with Crippen LogP contribution in [0.2, 0.25) is 5.02 Å². The lowest BCUT2D eigenvalue weighted by Crippen LogP contribution is -2.48. The zero-order valence-electron chi connectivity index (χ0n) is 20.2. The quantitative estimate of drug-likeness (QED) is 0.685. The number of amidine groups is 1. The molecule has 35 heavy (non-hydrogen) atoms. The minimum absolute atomic E-state index is 0.177. The third-order valence-electron chi connectivity index (χ3n) is 9.25. The highest BCUT2D eigenvalue weighted by atomic mass is 35.5. The van der Waals surface area contributed by atoms with Crippen LogP contribution >= 0.6 is 11.6 Å². The van der Waals surface area contributed by atoms with Crippen LogP contribution in [0.4, 0.5) is 5.69 Å². The number of likely N-dealkylation sites (tertiary alicyclic amines) is 2. The van der Waals surface area contributed by atoms with Crippen molar-refractivity contribution in [2.75, 3.05) is 31.2 Å². The smallest absolute Gasteiger partial charge is 0.229 e. The van der Waals surface area contributed by atoms with Gasteiger partial charge in [-0.3, -0.25) is 9.80 Å². The Kier molecular flexibility index (Phi) is 5.93. The van der Waals surface area contributed by atoms with Crippen molar-refractivity contribution < 1.29 is 9.90 Å². The molecule has 1 N–H and O–H groups in total. The molecule has 6 rings (SSSR count). The standard InChI is InChI=1S/C27H34ClN5O2/c28-23-13-21(6-5-19(23)16-29)33-24(18-3-1-2-4-18)14-25(30-33)32-12-9-27(15-20(27)17-32)26(35)31-10-7-22(34)8-11-31/h5-6,13,18,20,22,24,34H,1-4,7-12,14-15,17H2. The lowest BCUT2D eigenvalue weighted by atomic mass is 9.91. The van der Waals surface area contributed by atoms with Crippen LogP contribution in [-0.2, 0) is 4.79 Å². The molecule has 3 unspecified atom stereocenters. The van der Waals surface area contributed by atoms with Gasteiger partial charge in [-0.1, -0.05) is 24.4 Å². The molecule has 4 fully saturated rings. The van der Waals surface area contributed by atoms with Gasteiger partial charge in [0.2, 0.25) is 5.91 Å². The molecule has 7 nitrogen and oxygen atoms in total. The molecule has 2 saturated carbocycles. The number of nitrogens with zero attached hydrogens (tertiary/aromatic N) is 5. The highest BCUT2D eigenvalue weighted by Crippen LogP contribution is 2.59. The Labute approximate surface area is 212 Å². The van der Waals surface area contributed by atoms with Gasteiger partial charge in [-0.05, 0) is 68.6 Å². The molecule has 186 valence electrons. The first-order valence-electron chi connectivity index (χ1n) is 13.3. The summed E-state index contributed by atoms with van der Waals surface area (Å²) in [7, 11) is 0. The first-order valence-corrected chi connectivity index (χ1v) is 13.6. The maximum atomic E-state index is 13.4. The number of nitriles is 1. The number of aliphatic hydroxyl groups excluding tert-OH is 1. The van der Waals surface area contributed by atoms with Gasteiger partial charge in [0.05, 0.1) is 33.8 Å². The van der Waals surface area contributed by atoms with E-state index in [0.717, 1.165) is 43.9 Å². The van der Waals surface area contributed by atoms with Crippen molar-refractivity contribution in [3.8, 4) is 6.07 Å². The molecule has 0 bridgehead atoms. The van der Waals surface area contributed by atoms with E-state index < -0.39 is 0 Å². The Balaban J connectivity index is 1.18. The molecule has 1 aromatic rings. The van der Waals surface area contributed by atoms with Gasteiger partial charge in [0.15, 0.2) is 0 Å². The Hall–Kier alpha value is -2.30. The molecule has 8 heteroatoms. The Morgan fingerprint density at radius 2 is 1.94 bits per heavy atom. The van der Waals surface area contributed by atoms with Crippen LogP contribution in [0.3, 0.4) is 0 Å². The summed E-state index contributed by atoms with van der Waals surface area (Å²) in [5, 5.41) is 26.9. The third-order valence-corrected chi connectivity index (χ3v) is 9.57. The number of halogens is 1. The van der Waals surface area contributed by atoms with Crippen LogP contribution < -0.4 is 5.01 Å². The minimum atomic E-state index is -0.254. The van der Waals surface area contributed by atoms with Gasteiger partial charge < -0.3 is 14.9 Å². The molecular formula is C27H34ClN5O2. The van der Waals surface area contributed by atoms with E-state index in [9.17, 15) is 15.2 Å². The SMILES string of the molecule is N#Cc1ccc(N2N=C(N3CCC4(C(=O)N5CCC(O)CC5)CC4C3)CC2C2CCCC2)cc1Cl. The molecule has 1 amide bonds. The second kappa shape index (κ2) is 8.97. The van der Waals surface area contributed by atoms with Crippen LogP contribution in [0.25, 0.3) is 0 Å². The van der Waals surface area contributed by atoms with E-state index in [2.05, 4.69) is 16.0 Å². The molecule has 0 aromatic heterocycles. The third kappa shape index (κ3) is 4.09. The molecule has 5 aliphatic rings. The molecule has 0 radical (unpaired) electrons. The molecule has 1 aromatic carbocycles. The van der Waals surface area contributed by atoms with Crippen molar-refractivity contribution in [3.05, 3.63) is 28.8 Å². The predicted octanol–water partition coefficient (Wildman–Crippen LogP) is 3.99. The molecule has 3 atom stereocenters. The van der Waals surface area contributed by atoms with Gasteiger partial charge in [-0.25, -0.2) is 0 Å². The van der Waals surface area contributed by atoms with Gasteiger partial charge in [-0.15, -0.1) is 0 Å². The number of hydrogen-bond donors (Lipinski definition) is 1. The fourth-order valence-corrected chi connectivity index (χ4v) is 7.22. The number of carbonyl (C=O) groups excluding carboxylic acids is 1. The first kappa shape index (κ1) is 23.1. The van der Waals surface area contributed by atoms with E-state index in [-0.39, 0.29) is 11.5 Å². The number of amides is 1. The van der Waals surface area contributed by atoms with E-state index in [1.165, 1.54) is 25.7 Å². The van der Waals surface area contributed by atoms with Crippen molar-refractivity contribution in [2.45, 2.75) is 69.9 Å². The van der Waals surface area contributed by atoms with Crippen molar-refractivity contribution in [2.24, 2.45) is 22.4 Å². The number of rotatable bonds is 3. The molecule has 0 spiro atoms. The summed E-state index contributed by atoms with van der Waals surface area (Å²) in [6.45, 7) is 3.16. The number of anilines is 1. The van der Waals surface area contributed by atoms with Gasteiger partial charge in [-0.2, -0.15) is 10.4 Å². The monoisotopic (exact) mass is 495 g/mol. The van der Waals surface area contributed by atoms with Crippen LogP contribution in [0, 0.1) is 28.6 Å².